The molecule has 0 radical (unpaired) electrons. The van der Waals surface area contributed by atoms with Gasteiger partial charge in [0.2, 0.25) is 5.79 Å². The van der Waals surface area contributed by atoms with E-state index in [-0.39, 0.29) is 47.0 Å². The Bertz CT molecular complexity index is 1310. The molecule has 10 nitrogen and oxygen atoms in total. The van der Waals surface area contributed by atoms with Crippen molar-refractivity contribution in [1.82, 2.24) is 0 Å². The van der Waals surface area contributed by atoms with Crippen LogP contribution in [0.15, 0.2) is 45.6 Å². The number of hydrogen-bond acceptors (Lipinski definition) is 10. The van der Waals surface area contributed by atoms with Crippen molar-refractivity contribution in [3.63, 3.8) is 0 Å². The van der Waals surface area contributed by atoms with Gasteiger partial charge in [-0.2, -0.15) is 0 Å². The normalized spacial score (nSPS) is 25.8. The number of ether oxygens (including phenoxy) is 3. The quantitative estimate of drug-likeness (QED) is 0.422. The summed E-state index contributed by atoms with van der Waals surface area (Å²) < 4.78 is 22.5. The summed E-state index contributed by atoms with van der Waals surface area (Å²) in [6.07, 6.45) is -4.05. The molecule has 1 saturated heterocycles. The number of rotatable bonds is 3. The van der Waals surface area contributed by atoms with Gasteiger partial charge in [0.1, 0.15) is 58.9 Å². The van der Waals surface area contributed by atoms with Crippen LogP contribution < -0.4 is 10.2 Å². The highest BCUT2D eigenvalue weighted by atomic mass is 16.7. The standard InChI is InChI=1S/C23H20O10/c1-10(24)30-9-18-20(28)22(29)23(33-18)8-13-17(32-23)7-15(27)19-14(26)6-16(31-21(13)19)11-2-4-12(25)5-3-11/h2-7,18,20,22,25,27-29H,8-9H2,1H3. The zero-order chi connectivity index (χ0) is 23.5. The number of hydrogen-bond donors (Lipinski definition) is 4. The predicted octanol–water partition coefficient (Wildman–Crippen LogP) is 1.19. The molecule has 0 bridgehead atoms. The third-order valence-electron chi connectivity index (χ3n) is 5.86. The molecule has 4 atom stereocenters. The molecule has 33 heavy (non-hydrogen) atoms. The highest BCUT2D eigenvalue weighted by Gasteiger charge is 2.60. The second-order valence-corrected chi connectivity index (χ2v) is 8.08. The minimum absolute atomic E-state index is 0.0463. The van der Waals surface area contributed by atoms with Crippen LogP contribution in [0.3, 0.4) is 0 Å². The Labute approximate surface area is 186 Å². The van der Waals surface area contributed by atoms with Gasteiger partial charge >= 0.3 is 5.97 Å². The van der Waals surface area contributed by atoms with Gasteiger partial charge in [0.25, 0.3) is 0 Å². The van der Waals surface area contributed by atoms with E-state index >= 15 is 0 Å². The fourth-order valence-corrected chi connectivity index (χ4v) is 4.26. The van der Waals surface area contributed by atoms with Crippen LogP contribution >= 0.6 is 0 Å². The van der Waals surface area contributed by atoms with Crippen molar-refractivity contribution in [2.45, 2.75) is 37.4 Å². The van der Waals surface area contributed by atoms with E-state index in [0.717, 1.165) is 0 Å². The van der Waals surface area contributed by atoms with Gasteiger partial charge in [-0.3, -0.25) is 9.59 Å². The molecule has 5 rings (SSSR count). The lowest BCUT2D eigenvalue weighted by atomic mass is 9.98. The summed E-state index contributed by atoms with van der Waals surface area (Å²) in [6.45, 7) is 0.916. The third-order valence-corrected chi connectivity index (χ3v) is 5.86. The van der Waals surface area contributed by atoms with Crippen molar-refractivity contribution in [2.75, 3.05) is 6.61 Å². The number of aliphatic hydroxyl groups excluding tert-OH is 2. The van der Waals surface area contributed by atoms with Gasteiger partial charge in [-0.15, -0.1) is 0 Å². The number of aromatic hydroxyl groups is 2. The Hall–Kier alpha value is -3.60. The fraction of sp³-hybridized carbons (Fsp3) is 0.304. The number of aliphatic hydroxyl groups is 2. The molecule has 10 heteroatoms. The number of phenolic OH excluding ortho intramolecular Hbond substituents is 2. The fourth-order valence-electron chi connectivity index (χ4n) is 4.26. The third kappa shape index (κ3) is 3.39. The predicted molar refractivity (Wildman–Crippen MR) is 112 cm³/mol. The molecule has 2 aliphatic heterocycles. The topological polar surface area (TPSA) is 156 Å². The Morgan fingerprint density at radius 3 is 2.61 bits per heavy atom. The molecule has 2 aromatic carbocycles. The minimum atomic E-state index is -1.72. The molecule has 3 heterocycles. The molecular weight excluding hydrogens is 436 g/mol. The second kappa shape index (κ2) is 7.48. The molecule has 2 aliphatic rings. The lowest BCUT2D eigenvalue weighted by Crippen LogP contribution is -2.47. The molecule has 1 fully saturated rings. The van der Waals surface area contributed by atoms with E-state index in [1.165, 1.54) is 31.2 Å². The number of carbonyl (C=O) groups excluding carboxylic acids is 1. The first-order valence-corrected chi connectivity index (χ1v) is 10.2. The van der Waals surface area contributed by atoms with Crippen molar-refractivity contribution in [1.29, 1.82) is 0 Å². The number of benzene rings is 2. The monoisotopic (exact) mass is 456 g/mol. The summed E-state index contributed by atoms with van der Waals surface area (Å²) in [7, 11) is 0. The smallest absolute Gasteiger partial charge is 0.302 e. The van der Waals surface area contributed by atoms with Crippen LogP contribution in [0.4, 0.5) is 0 Å². The van der Waals surface area contributed by atoms with Crippen LogP contribution in [0.25, 0.3) is 22.3 Å². The minimum Gasteiger partial charge on any atom is -0.508 e. The largest absolute Gasteiger partial charge is 0.508 e. The van der Waals surface area contributed by atoms with Gasteiger partial charge in [-0.25, -0.2) is 0 Å². The first-order valence-electron chi connectivity index (χ1n) is 10.2. The Balaban J connectivity index is 1.58. The molecule has 4 unspecified atom stereocenters. The zero-order valence-corrected chi connectivity index (χ0v) is 17.3. The lowest BCUT2D eigenvalue weighted by molar-refractivity contribution is -0.202. The molecule has 172 valence electrons. The van der Waals surface area contributed by atoms with E-state index in [4.69, 9.17) is 18.6 Å². The van der Waals surface area contributed by atoms with Gasteiger partial charge in [-0.05, 0) is 24.3 Å². The average Bonchev–Trinajstić information content (AvgIpc) is 3.25. The summed E-state index contributed by atoms with van der Waals surface area (Å²) in [5.74, 6) is -2.31. The number of phenols is 2. The van der Waals surface area contributed by atoms with E-state index in [1.54, 1.807) is 12.1 Å². The van der Waals surface area contributed by atoms with Crippen LogP contribution in [0.5, 0.6) is 17.2 Å². The van der Waals surface area contributed by atoms with E-state index in [2.05, 4.69) is 0 Å². The number of fused-ring (bicyclic) bond motifs is 3. The number of carbonyl (C=O) groups is 1. The van der Waals surface area contributed by atoms with Gasteiger partial charge in [0.15, 0.2) is 5.43 Å². The Kier molecular flexibility index (Phi) is 4.82. The molecule has 0 aliphatic carbocycles. The van der Waals surface area contributed by atoms with Crippen LogP contribution in [0, 0.1) is 0 Å². The summed E-state index contributed by atoms with van der Waals surface area (Å²) in [4.78, 5) is 23.9. The highest BCUT2D eigenvalue weighted by molar-refractivity contribution is 5.90. The number of esters is 1. The molecule has 1 aromatic heterocycles. The average molecular weight is 456 g/mol. The second-order valence-electron chi connectivity index (χ2n) is 8.08. The van der Waals surface area contributed by atoms with E-state index < -0.39 is 35.5 Å². The van der Waals surface area contributed by atoms with Crippen LogP contribution in [0.1, 0.15) is 12.5 Å². The SMILES string of the molecule is CC(=O)OCC1OC2(Cc3c(cc(O)c4c(=O)cc(-c5ccc(O)cc5)oc34)O2)C(O)C1O. The maximum absolute atomic E-state index is 12.8. The first kappa shape index (κ1) is 21.3. The van der Waals surface area contributed by atoms with E-state index in [9.17, 15) is 30.0 Å². The summed E-state index contributed by atoms with van der Waals surface area (Å²) >= 11 is 0. The Morgan fingerprint density at radius 1 is 1.18 bits per heavy atom. The molecule has 0 amide bonds. The molecule has 4 N–H and O–H groups in total. The van der Waals surface area contributed by atoms with Crippen LogP contribution in [0.2, 0.25) is 0 Å². The van der Waals surface area contributed by atoms with E-state index in [0.29, 0.717) is 11.1 Å². The van der Waals surface area contributed by atoms with Gasteiger partial charge in [-0.1, -0.05) is 0 Å². The molecule has 1 spiro atoms. The van der Waals surface area contributed by atoms with Crippen molar-refractivity contribution < 1.29 is 43.8 Å². The summed E-state index contributed by atoms with van der Waals surface area (Å²) in [5.41, 5.74) is 0.430. The van der Waals surface area contributed by atoms with Crippen molar-refractivity contribution in [3.8, 4) is 28.6 Å². The van der Waals surface area contributed by atoms with Crippen molar-refractivity contribution >= 4 is 16.9 Å². The molecule has 0 saturated carbocycles. The van der Waals surface area contributed by atoms with Crippen molar-refractivity contribution in [3.05, 3.63) is 52.2 Å². The van der Waals surface area contributed by atoms with E-state index in [1.807, 2.05) is 0 Å². The van der Waals surface area contributed by atoms with Gasteiger partial charge in [0.05, 0.1) is 0 Å². The van der Waals surface area contributed by atoms with Crippen molar-refractivity contribution in [2.24, 2.45) is 0 Å². The van der Waals surface area contributed by atoms with Gasteiger partial charge < -0.3 is 39.1 Å². The zero-order valence-electron chi connectivity index (χ0n) is 17.3. The molecular formula is C23H20O10. The Morgan fingerprint density at radius 2 is 1.91 bits per heavy atom. The van der Waals surface area contributed by atoms with Crippen LogP contribution in [-0.4, -0.2) is 57.1 Å². The molecule has 3 aromatic rings. The summed E-state index contributed by atoms with van der Waals surface area (Å²) in [6, 6.07) is 8.48. The maximum Gasteiger partial charge on any atom is 0.302 e. The highest BCUT2D eigenvalue weighted by Crippen LogP contribution is 2.48. The first-order chi connectivity index (χ1) is 15.7. The van der Waals surface area contributed by atoms with Crippen LogP contribution in [-0.2, 0) is 20.7 Å². The summed E-state index contributed by atoms with van der Waals surface area (Å²) in [5, 5.41) is 41.0. The van der Waals surface area contributed by atoms with Gasteiger partial charge in [0, 0.05) is 36.6 Å². The maximum atomic E-state index is 12.8. The lowest BCUT2D eigenvalue weighted by Gasteiger charge is -2.26.